The summed E-state index contributed by atoms with van der Waals surface area (Å²) in [5.74, 6) is -0.169. The van der Waals surface area contributed by atoms with Gasteiger partial charge in [-0.3, -0.25) is 19.1 Å². The fraction of sp³-hybridized carbons (Fsp3) is 0.500. The molecular weight excluding hydrogens is 320 g/mol. The van der Waals surface area contributed by atoms with Crippen LogP contribution >= 0.6 is 0 Å². The number of hydrogen-bond donors (Lipinski definition) is 2. The van der Waals surface area contributed by atoms with Crippen LogP contribution in [-0.2, 0) is 11.3 Å². The third kappa shape index (κ3) is 5.48. The van der Waals surface area contributed by atoms with Crippen LogP contribution in [0, 0.1) is 5.92 Å². The van der Waals surface area contributed by atoms with Crippen molar-refractivity contribution >= 4 is 17.4 Å². The quantitative estimate of drug-likeness (QED) is 0.554. The number of unbranched alkanes of at least 4 members (excludes halogenated alkanes) is 1. The summed E-state index contributed by atoms with van der Waals surface area (Å²) in [6.07, 6.45) is 8.08. The molecule has 0 bridgehead atoms. The number of carbonyl (C=O) groups excluding carboxylic acids is 1. The van der Waals surface area contributed by atoms with E-state index in [4.69, 9.17) is 5.73 Å². The summed E-state index contributed by atoms with van der Waals surface area (Å²) >= 11 is 0. The third-order valence-electron chi connectivity index (χ3n) is 3.58. The van der Waals surface area contributed by atoms with E-state index >= 15 is 0 Å². The predicted molar refractivity (Wildman–Crippen MR) is 102 cm³/mol. The molecule has 1 heterocycles. The first-order valence-electron chi connectivity index (χ1n) is 8.56. The number of carbonyl (C=O) groups is 1. The molecule has 7 nitrogen and oxygen atoms in total. The van der Waals surface area contributed by atoms with Crippen LogP contribution in [0.5, 0.6) is 0 Å². The molecule has 0 saturated heterocycles. The van der Waals surface area contributed by atoms with E-state index in [1.165, 1.54) is 15.5 Å². The van der Waals surface area contributed by atoms with Crippen LogP contribution in [0.15, 0.2) is 33.9 Å². The summed E-state index contributed by atoms with van der Waals surface area (Å²) in [4.78, 5) is 40.6. The van der Waals surface area contributed by atoms with E-state index in [1.807, 2.05) is 27.7 Å². The minimum Gasteiger partial charge on any atom is -0.383 e. The Morgan fingerprint density at radius 2 is 2.00 bits per heavy atom. The number of aromatic nitrogens is 2. The maximum Gasteiger partial charge on any atom is 0.330 e. The molecule has 0 atom stereocenters. The highest BCUT2D eigenvalue weighted by Crippen LogP contribution is 2.19. The van der Waals surface area contributed by atoms with Crippen molar-refractivity contribution in [3.63, 3.8) is 0 Å². The lowest BCUT2D eigenvalue weighted by molar-refractivity contribution is -0.114. The predicted octanol–water partition coefficient (Wildman–Crippen LogP) is 2.04. The standard InChI is InChI=1S/C18H28N4O3/c1-5-7-9-10-14(23)21(11-8-6-2)15-16(19)22(12-13(3)4)18(25)20-17(15)24/h5,7,9-10,13H,6,8,11-12,19H2,1-4H3,(H,20,24,25)/b7-5+,10-9+. The lowest BCUT2D eigenvalue weighted by Crippen LogP contribution is -2.41. The molecule has 0 aromatic carbocycles. The van der Waals surface area contributed by atoms with E-state index in [2.05, 4.69) is 4.98 Å². The number of nitrogens with two attached hydrogens (primary N) is 1. The van der Waals surface area contributed by atoms with Gasteiger partial charge in [-0.05, 0) is 19.3 Å². The van der Waals surface area contributed by atoms with Gasteiger partial charge in [0.25, 0.3) is 11.5 Å². The van der Waals surface area contributed by atoms with Crippen molar-refractivity contribution in [1.82, 2.24) is 9.55 Å². The molecule has 0 aliphatic rings. The number of rotatable bonds is 8. The summed E-state index contributed by atoms with van der Waals surface area (Å²) in [7, 11) is 0. The number of nitrogen functional groups attached to an aromatic ring is 1. The number of nitrogens with zero attached hydrogens (tertiary/aromatic N) is 2. The fourth-order valence-electron chi connectivity index (χ4n) is 2.37. The average Bonchev–Trinajstić information content (AvgIpc) is 2.54. The monoisotopic (exact) mass is 348 g/mol. The molecule has 0 unspecified atom stereocenters. The molecule has 0 spiro atoms. The van der Waals surface area contributed by atoms with Gasteiger partial charge in [-0.25, -0.2) is 4.79 Å². The highest BCUT2D eigenvalue weighted by molar-refractivity contribution is 6.03. The van der Waals surface area contributed by atoms with Crippen LogP contribution in [0.25, 0.3) is 0 Å². The van der Waals surface area contributed by atoms with E-state index in [9.17, 15) is 14.4 Å². The largest absolute Gasteiger partial charge is 0.383 e. The lowest BCUT2D eigenvalue weighted by Gasteiger charge is -2.23. The minimum atomic E-state index is -0.647. The van der Waals surface area contributed by atoms with Crippen molar-refractivity contribution in [2.24, 2.45) is 5.92 Å². The van der Waals surface area contributed by atoms with Gasteiger partial charge < -0.3 is 10.6 Å². The maximum atomic E-state index is 12.6. The Morgan fingerprint density at radius 1 is 1.32 bits per heavy atom. The van der Waals surface area contributed by atoms with Crippen molar-refractivity contribution in [3.8, 4) is 0 Å². The number of nitrogens with one attached hydrogen (secondary N) is 1. The molecule has 0 aliphatic carbocycles. The van der Waals surface area contributed by atoms with Gasteiger partial charge in [0.2, 0.25) is 0 Å². The Labute approximate surface area is 147 Å². The highest BCUT2D eigenvalue weighted by atomic mass is 16.2. The summed E-state index contributed by atoms with van der Waals surface area (Å²) in [6, 6.07) is 0. The normalized spacial score (nSPS) is 11.7. The van der Waals surface area contributed by atoms with Crippen molar-refractivity contribution < 1.29 is 4.79 Å². The van der Waals surface area contributed by atoms with Crippen LogP contribution < -0.4 is 21.9 Å². The van der Waals surface area contributed by atoms with Gasteiger partial charge in [-0.2, -0.15) is 0 Å². The average molecular weight is 348 g/mol. The molecule has 0 saturated carbocycles. The number of H-pyrrole nitrogens is 1. The van der Waals surface area contributed by atoms with E-state index in [-0.39, 0.29) is 23.3 Å². The number of allylic oxidation sites excluding steroid dienone is 3. The summed E-state index contributed by atoms with van der Waals surface area (Å²) in [6.45, 7) is 8.42. The second kappa shape index (κ2) is 9.66. The second-order valence-corrected chi connectivity index (χ2v) is 6.23. The van der Waals surface area contributed by atoms with Crippen LogP contribution in [0.1, 0.15) is 40.5 Å². The van der Waals surface area contributed by atoms with Crippen molar-refractivity contribution in [1.29, 1.82) is 0 Å². The van der Waals surface area contributed by atoms with Gasteiger partial charge >= 0.3 is 5.69 Å². The summed E-state index contributed by atoms with van der Waals surface area (Å²) in [5, 5.41) is 0. The van der Waals surface area contributed by atoms with Crippen LogP contribution in [-0.4, -0.2) is 22.0 Å². The zero-order valence-corrected chi connectivity index (χ0v) is 15.4. The second-order valence-electron chi connectivity index (χ2n) is 6.23. The SMILES string of the molecule is C/C=C/C=C/C(=O)N(CCCC)c1c(N)n(CC(C)C)c(=O)[nH]c1=O. The Balaban J connectivity index is 3.45. The Bertz CT molecular complexity index is 757. The Kier molecular flexibility index (Phi) is 7.91. The zero-order valence-electron chi connectivity index (χ0n) is 15.4. The smallest absolute Gasteiger partial charge is 0.330 e. The van der Waals surface area contributed by atoms with Crippen molar-refractivity contribution in [3.05, 3.63) is 45.1 Å². The number of aromatic amines is 1. The molecule has 0 fully saturated rings. The third-order valence-corrected chi connectivity index (χ3v) is 3.58. The molecule has 3 N–H and O–H groups in total. The van der Waals surface area contributed by atoms with Crippen LogP contribution in [0.2, 0.25) is 0 Å². The van der Waals surface area contributed by atoms with E-state index in [0.717, 1.165) is 6.42 Å². The van der Waals surface area contributed by atoms with E-state index < -0.39 is 11.2 Å². The Morgan fingerprint density at radius 3 is 2.56 bits per heavy atom. The topological polar surface area (TPSA) is 101 Å². The molecule has 1 aromatic heterocycles. The number of hydrogen-bond acceptors (Lipinski definition) is 4. The molecule has 1 aromatic rings. The lowest BCUT2D eigenvalue weighted by atomic mass is 10.2. The molecule has 25 heavy (non-hydrogen) atoms. The molecule has 0 aliphatic heterocycles. The Hall–Kier alpha value is -2.57. The van der Waals surface area contributed by atoms with Crippen molar-refractivity contribution in [2.45, 2.75) is 47.1 Å². The van der Waals surface area contributed by atoms with Gasteiger partial charge in [-0.1, -0.05) is 45.4 Å². The van der Waals surface area contributed by atoms with E-state index in [0.29, 0.717) is 19.5 Å². The molecule has 1 rings (SSSR count). The first kappa shape index (κ1) is 20.5. The molecule has 7 heteroatoms. The number of amides is 1. The molecule has 0 radical (unpaired) electrons. The number of anilines is 2. The van der Waals surface area contributed by atoms with Crippen LogP contribution in [0.3, 0.4) is 0 Å². The van der Waals surface area contributed by atoms with Gasteiger partial charge in [-0.15, -0.1) is 0 Å². The molecule has 1 amide bonds. The van der Waals surface area contributed by atoms with Crippen LogP contribution in [0.4, 0.5) is 11.5 Å². The fourth-order valence-corrected chi connectivity index (χ4v) is 2.37. The van der Waals surface area contributed by atoms with Gasteiger partial charge in [0, 0.05) is 19.2 Å². The van der Waals surface area contributed by atoms with Crippen molar-refractivity contribution in [2.75, 3.05) is 17.2 Å². The minimum absolute atomic E-state index is 0.0198. The molecule has 138 valence electrons. The molecular formula is C18H28N4O3. The van der Waals surface area contributed by atoms with Gasteiger partial charge in [0.15, 0.2) is 5.69 Å². The summed E-state index contributed by atoms with van der Waals surface area (Å²) < 4.78 is 1.31. The maximum absolute atomic E-state index is 12.6. The first-order chi connectivity index (χ1) is 11.8. The zero-order chi connectivity index (χ0) is 19.0. The summed E-state index contributed by atoms with van der Waals surface area (Å²) in [5.41, 5.74) is 4.93. The van der Waals surface area contributed by atoms with Gasteiger partial charge in [0.05, 0.1) is 0 Å². The highest BCUT2D eigenvalue weighted by Gasteiger charge is 2.22. The van der Waals surface area contributed by atoms with Gasteiger partial charge in [0.1, 0.15) is 5.82 Å². The first-order valence-corrected chi connectivity index (χ1v) is 8.56. The van der Waals surface area contributed by atoms with E-state index in [1.54, 1.807) is 18.2 Å².